The lowest BCUT2D eigenvalue weighted by Gasteiger charge is -2.35. The lowest BCUT2D eigenvalue weighted by atomic mass is 9.68. The summed E-state index contributed by atoms with van der Waals surface area (Å²) >= 11 is 0. The molecule has 1 atom stereocenters. The van der Waals surface area contributed by atoms with E-state index >= 15 is 0 Å². The number of nitrogens with zero attached hydrogens (tertiary/aromatic N) is 2. The zero-order chi connectivity index (χ0) is 23.9. The van der Waals surface area contributed by atoms with Crippen LogP contribution in [0.1, 0.15) is 16.8 Å². The summed E-state index contributed by atoms with van der Waals surface area (Å²) in [4.78, 5) is 42.6. The highest BCUT2D eigenvalue weighted by Gasteiger charge is 2.62. The van der Waals surface area contributed by atoms with Gasteiger partial charge in [0.25, 0.3) is 5.56 Å². The molecule has 0 aliphatic carbocycles. The number of carbonyl (C=O) groups excluding carboxylic acids is 2. The largest absolute Gasteiger partial charge is 0.465 e. The van der Waals surface area contributed by atoms with Gasteiger partial charge in [-0.25, -0.2) is 4.79 Å². The second kappa shape index (κ2) is 8.25. The second-order valence-electron chi connectivity index (χ2n) is 7.78. The van der Waals surface area contributed by atoms with Gasteiger partial charge in [-0.05, 0) is 13.0 Å². The summed E-state index contributed by atoms with van der Waals surface area (Å²) in [6.07, 6.45) is 1.57. The highest BCUT2D eigenvalue weighted by molar-refractivity contribution is 6.18. The van der Waals surface area contributed by atoms with Gasteiger partial charge in [-0.3, -0.25) is 9.59 Å². The third kappa shape index (κ3) is 3.00. The van der Waals surface area contributed by atoms with E-state index in [0.717, 1.165) is 0 Å². The van der Waals surface area contributed by atoms with Crippen LogP contribution in [0.2, 0.25) is 0 Å². The van der Waals surface area contributed by atoms with E-state index in [2.05, 4.69) is 6.58 Å². The molecule has 2 N–H and O–H groups in total. The Morgan fingerprint density at radius 3 is 2.67 bits per heavy atom. The van der Waals surface area contributed by atoms with E-state index in [0.29, 0.717) is 16.9 Å². The maximum Gasteiger partial charge on any atom is 0.340 e. The Bertz CT molecular complexity index is 1260. The van der Waals surface area contributed by atoms with Crippen molar-refractivity contribution in [2.45, 2.75) is 18.9 Å². The number of para-hydroxylation sites is 1. The summed E-state index contributed by atoms with van der Waals surface area (Å²) in [7, 11) is 2.72. The van der Waals surface area contributed by atoms with Crippen molar-refractivity contribution in [1.82, 2.24) is 4.57 Å². The molecule has 0 saturated heterocycles. The molecule has 0 fully saturated rings. The minimum absolute atomic E-state index is 0.0165. The minimum Gasteiger partial charge on any atom is -0.465 e. The Labute approximate surface area is 190 Å². The Morgan fingerprint density at radius 1 is 1.27 bits per heavy atom. The van der Waals surface area contributed by atoms with Gasteiger partial charge in [0.2, 0.25) is 11.8 Å². The third-order valence-corrected chi connectivity index (χ3v) is 6.07. The van der Waals surface area contributed by atoms with Crippen molar-refractivity contribution in [2.75, 3.05) is 32.3 Å². The fourth-order valence-electron chi connectivity index (χ4n) is 4.71. The summed E-state index contributed by atoms with van der Waals surface area (Å²) in [6.45, 7) is 6.20. The number of rotatable bonds is 6. The number of methoxy groups -OCH3 is 2. The first kappa shape index (κ1) is 22.3. The molecule has 0 unspecified atom stereocenters. The van der Waals surface area contributed by atoms with E-state index in [1.807, 2.05) is 0 Å². The van der Waals surface area contributed by atoms with Gasteiger partial charge in [-0.2, -0.15) is 0 Å². The van der Waals surface area contributed by atoms with Crippen LogP contribution in [-0.2, 0) is 31.0 Å². The highest BCUT2D eigenvalue weighted by Crippen LogP contribution is 2.54. The van der Waals surface area contributed by atoms with Crippen LogP contribution in [0.15, 0.2) is 59.2 Å². The van der Waals surface area contributed by atoms with E-state index in [-0.39, 0.29) is 42.5 Å². The monoisotopic (exact) mass is 451 g/mol. The first-order valence-corrected chi connectivity index (χ1v) is 10.4. The SMILES string of the molecule is C=CCN1C(=O)[C@@]2(C(C(=O)OC)=C(N)Oc3cc(C)n(CCOC)c(=O)c32)c2ccccc21. The molecule has 172 valence electrons. The summed E-state index contributed by atoms with van der Waals surface area (Å²) < 4.78 is 17.4. The first-order chi connectivity index (χ1) is 15.8. The molecule has 33 heavy (non-hydrogen) atoms. The predicted molar refractivity (Wildman–Crippen MR) is 121 cm³/mol. The van der Waals surface area contributed by atoms with E-state index in [9.17, 15) is 14.4 Å². The number of carbonyl (C=O) groups is 2. The summed E-state index contributed by atoms with van der Waals surface area (Å²) in [6, 6.07) is 8.62. The van der Waals surface area contributed by atoms with Crippen molar-refractivity contribution in [3.63, 3.8) is 0 Å². The molecule has 9 nitrogen and oxygen atoms in total. The van der Waals surface area contributed by atoms with Gasteiger partial charge in [0.05, 0.1) is 19.3 Å². The minimum atomic E-state index is -1.83. The number of aryl methyl sites for hydroxylation is 1. The maximum atomic E-state index is 14.2. The second-order valence-corrected chi connectivity index (χ2v) is 7.78. The van der Waals surface area contributed by atoms with Crippen LogP contribution >= 0.6 is 0 Å². The molecule has 1 aromatic carbocycles. The zero-order valence-corrected chi connectivity index (χ0v) is 18.7. The third-order valence-electron chi connectivity index (χ3n) is 6.07. The Kier molecular flexibility index (Phi) is 5.59. The van der Waals surface area contributed by atoms with E-state index in [4.69, 9.17) is 19.9 Å². The molecule has 1 amide bonds. The van der Waals surface area contributed by atoms with Crippen LogP contribution < -0.4 is 20.9 Å². The van der Waals surface area contributed by atoms with E-state index in [1.54, 1.807) is 43.3 Å². The van der Waals surface area contributed by atoms with Crippen molar-refractivity contribution < 1.29 is 23.8 Å². The van der Waals surface area contributed by atoms with E-state index in [1.165, 1.54) is 23.7 Å². The fraction of sp³-hybridized carbons (Fsp3) is 0.292. The average Bonchev–Trinajstić information content (AvgIpc) is 3.02. The number of anilines is 1. The Balaban J connectivity index is 2.17. The quantitative estimate of drug-likeness (QED) is 0.521. The van der Waals surface area contributed by atoms with Gasteiger partial charge in [0, 0.05) is 43.2 Å². The summed E-state index contributed by atoms with van der Waals surface area (Å²) in [5, 5.41) is 0. The van der Waals surface area contributed by atoms with E-state index < -0.39 is 22.9 Å². The highest BCUT2D eigenvalue weighted by atomic mass is 16.5. The summed E-state index contributed by atoms with van der Waals surface area (Å²) in [5.41, 5.74) is 5.31. The normalized spacial score (nSPS) is 18.8. The van der Waals surface area contributed by atoms with Crippen LogP contribution in [0.4, 0.5) is 5.69 Å². The number of nitrogens with two attached hydrogens (primary N) is 1. The Morgan fingerprint density at radius 2 is 2.00 bits per heavy atom. The zero-order valence-electron chi connectivity index (χ0n) is 18.7. The number of benzene rings is 1. The molecule has 0 saturated carbocycles. The molecule has 1 aromatic heterocycles. The number of amides is 1. The van der Waals surface area contributed by atoms with Gasteiger partial charge in [-0.15, -0.1) is 6.58 Å². The van der Waals surface area contributed by atoms with Crippen molar-refractivity contribution in [3.05, 3.63) is 81.6 Å². The molecule has 0 bridgehead atoms. The van der Waals surface area contributed by atoms with Crippen LogP contribution in [0.5, 0.6) is 5.75 Å². The maximum absolute atomic E-state index is 14.2. The molecule has 1 spiro atoms. The van der Waals surface area contributed by atoms with Crippen LogP contribution in [0.3, 0.4) is 0 Å². The van der Waals surface area contributed by atoms with Crippen molar-refractivity contribution in [3.8, 4) is 5.75 Å². The van der Waals surface area contributed by atoms with Crippen LogP contribution in [-0.4, -0.2) is 43.8 Å². The molecule has 2 aliphatic rings. The molecule has 2 aliphatic heterocycles. The van der Waals surface area contributed by atoms with Gasteiger partial charge >= 0.3 is 5.97 Å². The first-order valence-electron chi connectivity index (χ1n) is 10.4. The molecule has 2 aromatic rings. The number of pyridine rings is 1. The number of esters is 1. The smallest absolute Gasteiger partial charge is 0.340 e. The molecule has 3 heterocycles. The topological polar surface area (TPSA) is 113 Å². The standard InChI is InChI=1S/C24H25N3O6/c1-5-10-27-16-9-7-6-8-15(16)24(23(27)30)18-17(33-20(25)19(24)22(29)32-4)13-14(2)26(21(18)28)11-12-31-3/h5-9,13H,1,10-12,25H2,2-4H3/t24-/m0/s1. The van der Waals surface area contributed by atoms with Crippen molar-refractivity contribution >= 4 is 17.6 Å². The number of hydrogen-bond acceptors (Lipinski definition) is 7. The van der Waals surface area contributed by atoms with Crippen LogP contribution in [0.25, 0.3) is 0 Å². The molecular weight excluding hydrogens is 426 g/mol. The van der Waals surface area contributed by atoms with Gasteiger partial charge in [0.1, 0.15) is 16.7 Å². The number of aromatic nitrogens is 1. The fourth-order valence-corrected chi connectivity index (χ4v) is 4.71. The Hall–Kier alpha value is -3.85. The van der Waals surface area contributed by atoms with Gasteiger partial charge < -0.3 is 29.4 Å². The number of fused-ring (bicyclic) bond motifs is 4. The molecule has 9 heteroatoms. The predicted octanol–water partition coefficient (Wildman–Crippen LogP) is 1.36. The average molecular weight is 451 g/mol. The van der Waals surface area contributed by atoms with Gasteiger partial charge in [0.15, 0.2) is 0 Å². The van der Waals surface area contributed by atoms with Gasteiger partial charge in [-0.1, -0.05) is 24.3 Å². The van der Waals surface area contributed by atoms with Crippen LogP contribution in [0, 0.1) is 6.92 Å². The lowest BCUT2D eigenvalue weighted by molar-refractivity contribution is -0.138. The van der Waals surface area contributed by atoms with Crippen molar-refractivity contribution in [1.29, 1.82) is 0 Å². The molecule has 0 radical (unpaired) electrons. The van der Waals surface area contributed by atoms with Crippen molar-refractivity contribution in [2.24, 2.45) is 5.73 Å². The molecular formula is C24H25N3O6. The number of hydrogen-bond donors (Lipinski definition) is 1. The number of ether oxygens (including phenoxy) is 3. The lowest BCUT2D eigenvalue weighted by Crippen LogP contribution is -2.52. The molecule has 4 rings (SSSR count). The summed E-state index contributed by atoms with van der Waals surface area (Å²) in [5.74, 6) is -1.52.